The maximum atomic E-state index is 13.5. The predicted octanol–water partition coefficient (Wildman–Crippen LogP) is 3.06. The van der Waals surface area contributed by atoms with E-state index >= 15 is 0 Å². The molecule has 200 valence electrons. The number of fused-ring (bicyclic) bond motifs is 2. The second-order valence-corrected chi connectivity index (χ2v) is 9.91. The maximum absolute atomic E-state index is 13.5. The number of likely N-dealkylation sites (tertiary alicyclic amines) is 1. The van der Waals surface area contributed by atoms with Crippen molar-refractivity contribution in [2.75, 3.05) is 31.6 Å². The molecule has 0 bridgehead atoms. The van der Waals surface area contributed by atoms with Gasteiger partial charge in [0.2, 0.25) is 5.91 Å². The van der Waals surface area contributed by atoms with Crippen LogP contribution in [0.25, 0.3) is 33.3 Å². The minimum absolute atomic E-state index is 0.00775. The Hall–Kier alpha value is -4.22. The first-order chi connectivity index (χ1) is 19.0. The highest BCUT2D eigenvalue weighted by Gasteiger charge is 2.27. The summed E-state index contributed by atoms with van der Waals surface area (Å²) in [6.07, 6.45) is 6.32. The molecule has 11 nitrogen and oxygen atoms in total. The summed E-state index contributed by atoms with van der Waals surface area (Å²) in [5.41, 5.74) is 3.38. The third-order valence-corrected chi connectivity index (χ3v) is 7.53. The number of anilines is 1. The second-order valence-electron chi connectivity index (χ2n) is 9.51. The molecule has 6 rings (SSSR count). The number of halogens is 1. The number of H-pyrrole nitrogens is 1. The lowest BCUT2D eigenvalue weighted by Crippen LogP contribution is -2.41. The topological polar surface area (TPSA) is 134 Å². The van der Waals surface area contributed by atoms with Gasteiger partial charge in [-0.2, -0.15) is 0 Å². The number of rotatable bonds is 7. The first-order valence-corrected chi connectivity index (χ1v) is 13.2. The lowest BCUT2D eigenvalue weighted by Gasteiger charge is -2.32. The molecule has 4 aromatic heterocycles. The molecule has 1 saturated heterocycles. The van der Waals surface area contributed by atoms with Gasteiger partial charge < -0.3 is 19.9 Å². The number of pyridine rings is 1. The lowest BCUT2D eigenvalue weighted by molar-refractivity contribution is -0.133. The Morgan fingerprint density at radius 2 is 1.92 bits per heavy atom. The van der Waals surface area contributed by atoms with Gasteiger partial charge in [0, 0.05) is 54.2 Å². The van der Waals surface area contributed by atoms with E-state index in [-0.39, 0.29) is 30.8 Å². The number of carbonyl (C=O) groups excluding carboxylic acids is 1. The fourth-order valence-electron chi connectivity index (χ4n) is 5.38. The molecule has 1 amide bonds. The van der Waals surface area contributed by atoms with Crippen LogP contribution in [0.5, 0.6) is 0 Å². The van der Waals surface area contributed by atoms with Crippen LogP contribution in [-0.2, 0) is 11.3 Å². The van der Waals surface area contributed by atoms with Gasteiger partial charge in [0.25, 0.3) is 0 Å². The van der Waals surface area contributed by atoms with Crippen molar-refractivity contribution >= 4 is 45.5 Å². The number of amides is 1. The molecule has 0 atom stereocenters. The molecule has 1 aliphatic heterocycles. The molecule has 1 fully saturated rings. The highest BCUT2D eigenvalue weighted by atomic mass is 35.5. The molecule has 1 aromatic carbocycles. The monoisotopic (exact) mass is 546 g/mol. The molecule has 0 spiro atoms. The highest BCUT2D eigenvalue weighted by molar-refractivity contribution is 6.33. The Kier molecular flexibility index (Phi) is 6.76. The molecular formula is C27H27ClN8O3. The van der Waals surface area contributed by atoms with Crippen LogP contribution in [-0.4, -0.2) is 71.2 Å². The number of hydrogen-bond acceptors (Lipinski definition) is 7. The summed E-state index contributed by atoms with van der Waals surface area (Å²) in [5, 5.41) is 13.8. The summed E-state index contributed by atoms with van der Waals surface area (Å²) in [7, 11) is 0. The van der Waals surface area contributed by atoms with E-state index in [0.29, 0.717) is 54.6 Å². The molecule has 5 aromatic rings. The van der Waals surface area contributed by atoms with E-state index in [0.717, 1.165) is 22.0 Å². The fourth-order valence-corrected chi connectivity index (χ4v) is 5.61. The minimum atomic E-state index is -0.176. The summed E-state index contributed by atoms with van der Waals surface area (Å²) >= 11 is 6.54. The number of aliphatic hydroxyl groups excluding tert-OH is 1. The number of aliphatic hydroxyl groups is 1. The van der Waals surface area contributed by atoms with E-state index in [1.54, 1.807) is 10.8 Å². The van der Waals surface area contributed by atoms with Crippen LogP contribution in [0.2, 0.25) is 5.02 Å². The first kappa shape index (κ1) is 25.1. The zero-order valence-corrected chi connectivity index (χ0v) is 21.8. The molecule has 0 radical (unpaired) electrons. The number of carbonyl (C=O) groups is 1. The Morgan fingerprint density at radius 1 is 1.10 bits per heavy atom. The normalized spacial score (nSPS) is 14.4. The minimum Gasteiger partial charge on any atom is -0.395 e. The molecular weight excluding hydrogens is 520 g/mol. The van der Waals surface area contributed by atoms with Gasteiger partial charge in [0.15, 0.2) is 5.65 Å². The van der Waals surface area contributed by atoms with Crippen LogP contribution in [0.1, 0.15) is 18.9 Å². The number of piperidine rings is 1. The van der Waals surface area contributed by atoms with Crippen LogP contribution >= 0.6 is 11.6 Å². The number of nitrogens with one attached hydrogen (secondary N) is 2. The molecule has 3 N–H and O–H groups in total. The zero-order valence-electron chi connectivity index (χ0n) is 21.0. The molecule has 39 heavy (non-hydrogen) atoms. The van der Waals surface area contributed by atoms with Crippen molar-refractivity contribution < 1.29 is 9.90 Å². The largest absolute Gasteiger partial charge is 0.395 e. The van der Waals surface area contributed by atoms with E-state index in [1.165, 1.54) is 6.33 Å². The second kappa shape index (κ2) is 10.5. The lowest BCUT2D eigenvalue weighted by atomic mass is 10.0. The van der Waals surface area contributed by atoms with E-state index in [9.17, 15) is 14.7 Å². The number of benzene rings is 1. The summed E-state index contributed by atoms with van der Waals surface area (Å²) < 4.78 is 3.58. The number of aromatic nitrogens is 6. The Balaban J connectivity index is 1.26. The van der Waals surface area contributed by atoms with Gasteiger partial charge in [0.1, 0.15) is 24.3 Å². The van der Waals surface area contributed by atoms with Crippen LogP contribution < -0.4 is 11.0 Å². The Labute approximate surface area is 228 Å². The summed E-state index contributed by atoms with van der Waals surface area (Å²) in [5.74, 6) is 0.530. The average molecular weight is 547 g/mol. The first-order valence-electron chi connectivity index (χ1n) is 12.8. The third kappa shape index (κ3) is 4.64. The number of hydrogen-bond donors (Lipinski definition) is 3. The van der Waals surface area contributed by atoms with Gasteiger partial charge in [-0.1, -0.05) is 29.8 Å². The van der Waals surface area contributed by atoms with Crippen molar-refractivity contribution in [3.8, 4) is 11.1 Å². The van der Waals surface area contributed by atoms with Crippen molar-refractivity contribution in [2.24, 2.45) is 0 Å². The predicted molar refractivity (Wildman–Crippen MR) is 149 cm³/mol. The van der Waals surface area contributed by atoms with Crippen molar-refractivity contribution in [2.45, 2.75) is 25.4 Å². The van der Waals surface area contributed by atoms with E-state index in [2.05, 4.69) is 25.3 Å². The van der Waals surface area contributed by atoms with Gasteiger partial charge in [-0.15, -0.1) is 0 Å². The Morgan fingerprint density at radius 3 is 2.72 bits per heavy atom. The van der Waals surface area contributed by atoms with Crippen molar-refractivity contribution in [3.05, 3.63) is 70.6 Å². The van der Waals surface area contributed by atoms with Crippen LogP contribution in [0.3, 0.4) is 0 Å². The molecule has 5 heterocycles. The van der Waals surface area contributed by atoms with E-state index < -0.39 is 0 Å². The SMILES string of the molecule is O=C(Cn1cc(-c2ccccc2Cl)c2c(NCCO)ncnc21)N1CCC(n2c(=O)[nH]c3ncccc32)CC1. The van der Waals surface area contributed by atoms with Gasteiger partial charge in [0.05, 0.1) is 17.5 Å². The third-order valence-electron chi connectivity index (χ3n) is 7.20. The number of nitrogens with zero attached hydrogens (tertiary/aromatic N) is 6. The van der Waals surface area contributed by atoms with Crippen LogP contribution in [0.15, 0.2) is 59.9 Å². The molecule has 12 heteroatoms. The van der Waals surface area contributed by atoms with E-state index in [1.807, 2.05) is 52.1 Å². The Bertz CT molecular complexity index is 1720. The number of aromatic amines is 1. The standard InChI is InChI=1S/C27H27ClN8O3/c28-20-5-2-1-4-18(20)19-14-35(26-23(19)25(30-10-13-37)31-16-32-26)15-22(38)34-11-7-17(8-12-34)36-21-6-3-9-29-24(21)33-27(36)39/h1-6,9,14,16-17,37H,7-8,10-13,15H2,(H,29,33,39)(H,30,31,32). The van der Waals surface area contributed by atoms with Crippen molar-refractivity contribution in [1.29, 1.82) is 0 Å². The van der Waals surface area contributed by atoms with Gasteiger partial charge in [-0.05, 0) is 31.0 Å². The molecule has 1 aliphatic rings. The summed E-state index contributed by atoms with van der Waals surface area (Å²) in [6.45, 7) is 1.44. The summed E-state index contributed by atoms with van der Waals surface area (Å²) in [6, 6.07) is 11.2. The van der Waals surface area contributed by atoms with Crippen molar-refractivity contribution in [3.63, 3.8) is 0 Å². The summed E-state index contributed by atoms with van der Waals surface area (Å²) in [4.78, 5) is 43.8. The maximum Gasteiger partial charge on any atom is 0.327 e. The zero-order chi connectivity index (χ0) is 26.9. The number of imidazole rings is 1. The van der Waals surface area contributed by atoms with Crippen molar-refractivity contribution in [1.82, 2.24) is 34.0 Å². The molecule has 0 aliphatic carbocycles. The fraction of sp³-hybridized carbons (Fsp3) is 0.296. The average Bonchev–Trinajstić information content (AvgIpc) is 3.49. The van der Waals surface area contributed by atoms with E-state index in [4.69, 9.17) is 11.6 Å². The quantitative estimate of drug-likeness (QED) is 0.285. The van der Waals surface area contributed by atoms with Gasteiger partial charge >= 0.3 is 5.69 Å². The van der Waals surface area contributed by atoms with Crippen LogP contribution in [0, 0.1) is 0 Å². The van der Waals surface area contributed by atoms with Crippen LogP contribution in [0.4, 0.5) is 5.82 Å². The van der Waals surface area contributed by atoms with Gasteiger partial charge in [-0.3, -0.25) is 14.3 Å². The molecule has 0 unspecified atom stereocenters. The van der Waals surface area contributed by atoms with Gasteiger partial charge in [-0.25, -0.2) is 19.7 Å². The smallest absolute Gasteiger partial charge is 0.327 e. The highest BCUT2D eigenvalue weighted by Crippen LogP contribution is 2.37. The molecule has 0 saturated carbocycles.